The van der Waals surface area contributed by atoms with Gasteiger partial charge in [-0.2, -0.15) is 0 Å². The summed E-state index contributed by atoms with van der Waals surface area (Å²) in [5.74, 6) is 0.708. The molecular formula is C19H33N3O5. The second-order valence-corrected chi connectivity index (χ2v) is 5.20. The highest BCUT2D eigenvalue weighted by Gasteiger charge is 2.17. The quantitative estimate of drug-likeness (QED) is 0.653. The number of fused-ring (bicyclic) bond motifs is 1. The fourth-order valence-electron chi connectivity index (χ4n) is 2.17. The molecule has 2 rings (SSSR count). The Labute approximate surface area is 161 Å². The summed E-state index contributed by atoms with van der Waals surface area (Å²) < 4.78 is 9.62. The fraction of sp³-hybridized carbons (Fsp3) is 0.579. The zero-order valence-electron chi connectivity index (χ0n) is 16.9. The third-order valence-electron chi connectivity index (χ3n) is 3.37. The van der Waals surface area contributed by atoms with Crippen LogP contribution in [0.5, 0.6) is 5.75 Å². The molecule has 0 radical (unpaired) electrons. The van der Waals surface area contributed by atoms with E-state index in [1.165, 1.54) is 0 Å². The topological polar surface area (TPSA) is 100 Å². The minimum atomic E-state index is -0.671. The molecule has 1 aliphatic heterocycles. The molecule has 8 nitrogen and oxygen atoms in total. The van der Waals surface area contributed by atoms with Crippen LogP contribution in [0.2, 0.25) is 0 Å². The van der Waals surface area contributed by atoms with E-state index in [4.69, 9.17) is 4.74 Å². The van der Waals surface area contributed by atoms with E-state index in [0.717, 1.165) is 11.3 Å². The number of urea groups is 1. The van der Waals surface area contributed by atoms with Crippen molar-refractivity contribution in [1.29, 1.82) is 0 Å². The summed E-state index contributed by atoms with van der Waals surface area (Å²) in [6, 6.07) is 5.62. The van der Waals surface area contributed by atoms with Crippen molar-refractivity contribution in [3.05, 3.63) is 23.8 Å². The lowest BCUT2D eigenvalue weighted by Crippen LogP contribution is -2.39. The van der Waals surface area contributed by atoms with Crippen molar-refractivity contribution in [1.82, 2.24) is 10.2 Å². The monoisotopic (exact) mass is 383 g/mol. The zero-order chi connectivity index (χ0) is 20.7. The molecule has 3 N–H and O–H groups in total. The van der Waals surface area contributed by atoms with Crippen LogP contribution in [0.4, 0.5) is 10.5 Å². The van der Waals surface area contributed by atoms with Gasteiger partial charge in [0.1, 0.15) is 12.4 Å². The van der Waals surface area contributed by atoms with Gasteiger partial charge < -0.3 is 30.1 Å². The van der Waals surface area contributed by atoms with Crippen LogP contribution in [0.15, 0.2) is 18.2 Å². The van der Waals surface area contributed by atoms with E-state index < -0.39 is 6.23 Å². The van der Waals surface area contributed by atoms with Gasteiger partial charge in [0.2, 0.25) is 0 Å². The molecule has 0 fully saturated rings. The third-order valence-corrected chi connectivity index (χ3v) is 3.37. The zero-order valence-corrected chi connectivity index (χ0v) is 16.9. The van der Waals surface area contributed by atoms with Crippen LogP contribution in [0.1, 0.15) is 40.2 Å². The maximum Gasteiger partial charge on any atom is 0.317 e. The van der Waals surface area contributed by atoms with Gasteiger partial charge in [-0.05, 0) is 38.5 Å². The van der Waals surface area contributed by atoms with E-state index in [-0.39, 0.29) is 12.6 Å². The number of nitrogens with one attached hydrogen (secondary N) is 2. The normalized spacial score (nSPS) is 13.8. The number of ether oxygens (including phenoxy) is 2. The van der Waals surface area contributed by atoms with E-state index in [9.17, 15) is 14.7 Å². The van der Waals surface area contributed by atoms with E-state index >= 15 is 0 Å². The highest BCUT2D eigenvalue weighted by Crippen LogP contribution is 2.29. The Morgan fingerprint density at radius 2 is 2.11 bits per heavy atom. The SMILES string of the molecule is CC.CCNC(=O)N(CC)Cc1ccc2c(c1)OC[C@@H](O)N2.CCOC=O. The first-order valence-corrected chi connectivity index (χ1v) is 9.33. The Bertz CT molecular complexity index is 554. The van der Waals surface area contributed by atoms with Gasteiger partial charge in [0.05, 0.1) is 12.3 Å². The number of amides is 2. The number of aliphatic hydroxyl groups is 1. The van der Waals surface area contributed by atoms with Crippen molar-refractivity contribution in [2.75, 3.05) is 31.6 Å². The minimum Gasteiger partial charge on any atom is -0.487 e. The van der Waals surface area contributed by atoms with Crippen LogP contribution in [0.3, 0.4) is 0 Å². The van der Waals surface area contributed by atoms with Crippen molar-refractivity contribution in [2.24, 2.45) is 0 Å². The molecule has 1 heterocycles. The average Bonchev–Trinajstić information content (AvgIpc) is 2.69. The Hall–Kier alpha value is -2.48. The lowest BCUT2D eigenvalue weighted by atomic mass is 10.1. The molecule has 1 aromatic carbocycles. The molecule has 0 aromatic heterocycles. The average molecular weight is 383 g/mol. The summed E-state index contributed by atoms with van der Waals surface area (Å²) in [6.07, 6.45) is -0.671. The van der Waals surface area contributed by atoms with Gasteiger partial charge >= 0.3 is 6.03 Å². The maximum atomic E-state index is 11.8. The molecule has 0 aliphatic carbocycles. The smallest absolute Gasteiger partial charge is 0.317 e. The van der Waals surface area contributed by atoms with Crippen LogP contribution < -0.4 is 15.4 Å². The van der Waals surface area contributed by atoms with Crippen molar-refractivity contribution >= 4 is 18.2 Å². The van der Waals surface area contributed by atoms with E-state index in [0.29, 0.717) is 38.5 Å². The van der Waals surface area contributed by atoms with Crippen molar-refractivity contribution in [3.8, 4) is 5.75 Å². The number of benzene rings is 1. The summed E-state index contributed by atoms with van der Waals surface area (Å²) in [6.45, 7) is 12.5. The molecule has 1 atom stereocenters. The van der Waals surface area contributed by atoms with Gasteiger partial charge in [0.25, 0.3) is 6.47 Å². The first-order valence-electron chi connectivity index (χ1n) is 9.33. The van der Waals surface area contributed by atoms with Crippen LogP contribution in [-0.4, -0.2) is 55.0 Å². The first kappa shape index (κ1) is 24.5. The molecule has 0 spiro atoms. The number of aliphatic hydroxyl groups excluding tert-OH is 1. The van der Waals surface area contributed by atoms with E-state index in [1.54, 1.807) is 11.8 Å². The predicted molar refractivity (Wildman–Crippen MR) is 106 cm³/mol. The highest BCUT2D eigenvalue weighted by atomic mass is 16.5. The largest absolute Gasteiger partial charge is 0.487 e. The molecule has 0 saturated carbocycles. The van der Waals surface area contributed by atoms with Crippen LogP contribution in [0, 0.1) is 0 Å². The van der Waals surface area contributed by atoms with Crippen molar-refractivity contribution in [2.45, 2.75) is 47.4 Å². The summed E-state index contributed by atoms with van der Waals surface area (Å²) in [7, 11) is 0. The summed E-state index contributed by atoms with van der Waals surface area (Å²) >= 11 is 0. The molecule has 0 unspecified atom stereocenters. The van der Waals surface area contributed by atoms with Gasteiger partial charge in [0, 0.05) is 19.6 Å². The van der Waals surface area contributed by atoms with Crippen LogP contribution in [0.25, 0.3) is 0 Å². The highest BCUT2D eigenvalue weighted by molar-refractivity contribution is 5.74. The number of hydrogen-bond donors (Lipinski definition) is 3. The number of carbonyl (C=O) groups is 2. The molecule has 0 saturated heterocycles. The van der Waals surface area contributed by atoms with Gasteiger partial charge in [0.15, 0.2) is 6.23 Å². The number of anilines is 1. The Balaban J connectivity index is 0.000000838. The second-order valence-electron chi connectivity index (χ2n) is 5.20. The second kappa shape index (κ2) is 14.7. The number of nitrogens with zero attached hydrogens (tertiary/aromatic N) is 1. The number of carbonyl (C=O) groups excluding carboxylic acids is 2. The van der Waals surface area contributed by atoms with Gasteiger partial charge in [-0.25, -0.2) is 4.79 Å². The minimum absolute atomic E-state index is 0.0674. The fourth-order valence-corrected chi connectivity index (χ4v) is 2.17. The summed E-state index contributed by atoms with van der Waals surface area (Å²) in [5.41, 5.74) is 1.77. The number of hydrogen-bond acceptors (Lipinski definition) is 6. The molecule has 27 heavy (non-hydrogen) atoms. The van der Waals surface area contributed by atoms with Crippen LogP contribution >= 0.6 is 0 Å². The molecule has 8 heteroatoms. The Morgan fingerprint density at radius 3 is 2.63 bits per heavy atom. The molecule has 2 amide bonds. The lowest BCUT2D eigenvalue weighted by molar-refractivity contribution is -0.128. The Kier molecular flexibility index (Phi) is 13.3. The summed E-state index contributed by atoms with van der Waals surface area (Å²) in [5, 5.41) is 15.2. The van der Waals surface area contributed by atoms with Crippen molar-refractivity contribution in [3.63, 3.8) is 0 Å². The van der Waals surface area contributed by atoms with Crippen molar-refractivity contribution < 1.29 is 24.2 Å². The molecule has 154 valence electrons. The predicted octanol–water partition coefficient (Wildman–Crippen LogP) is 2.57. The summed E-state index contributed by atoms with van der Waals surface area (Å²) in [4.78, 5) is 22.8. The van der Waals surface area contributed by atoms with Crippen LogP contribution in [-0.2, 0) is 16.1 Å². The Morgan fingerprint density at radius 1 is 1.41 bits per heavy atom. The van der Waals surface area contributed by atoms with Gasteiger partial charge in [-0.15, -0.1) is 0 Å². The van der Waals surface area contributed by atoms with E-state index in [1.807, 2.05) is 45.9 Å². The lowest BCUT2D eigenvalue weighted by Gasteiger charge is -2.25. The van der Waals surface area contributed by atoms with Gasteiger partial charge in [-0.1, -0.05) is 19.9 Å². The molecule has 1 aromatic rings. The van der Waals surface area contributed by atoms with Gasteiger partial charge in [-0.3, -0.25) is 4.79 Å². The first-order chi connectivity index (χ1) is 13.0. The molecular weight excluding hydrogens is 350 g/mol. The molecule has 0 bridgehead atoms. The molecule has 1 aliphatic rings. The maximum absolute atomic E-state index is 11.8. The third kappa shape index (κ3) is 9.14. The van der Waals surface area contributed by atoms with E-state index in [2.05, 4.69) is 15.4 Å². The number of rotatable bonds is 6. The standard InChI is InChI=1S/C14H21N3O3.C3H6O2.C2H6/c1-3-15-14(19)17(4-2)8-10-5-6-11-12(7-10)20-9-13(18)16-11;1-2-5-3-4;1-2/h5-7,13,16,18H,3-4,8-9H2,1-2H3,(H,15,19);3H,2H2,1H3;1-2H3/t13-;;/m1../s1.